The fourth-order valence-electron chi connectivity index (χ4n) is 6.29. The number of aromatic nitrogens is 2. The summed E-state index contributed by atoms with van der Waals surface area (Å²) >= 11 is 0. The summed E-state index contributed by atoms with van der Waals surface area (Å²) in [6.07, 6.45) is 6.65. The summed E-state index contributed by atoms with van der Waals surface area (Å²) in [4.78, 5) is 21.0. The van der Waals surface area contributed by atoms with Gasteiger partial charge in [0.15, 0.2) is 23.3 Å². The van der Waals surface area contributed by atoms with Gasteiger partial charge < -0.3 is 9.84 Å². The van der Waals surface area contributed by atoms with Crippen LogP contribution in [0, 0.1) is 29.5 Å². The van der Waals surface area contributed by atoms with Crippen LogP contribution in [0.25, 0.3) is 54.5 Å². The number of para-hydroxylation sites is 1. The SMILES string of the molecule is CCC(CC)C(=O)/C=C(\O)C(CC)CC.Fc1cc2ccc3c4ccnc5c4c(cc3c2cc1F)Oc1nc2ccccc2[c-]c1-5.[Ir]. The Kier molecular flexibility index (Phi) is 10.3. The number of halogens is 2. The molecule has 243 valence electrons. The Bertz CT molecular complexity index is 2160. The van der Waals surface area contributed by atoms with E-state index in [1.807, 2.05) is 70.2 Å². The average molecular weight is 810 g/mol. The van der Waals surface area contributed by atoms with Crippen molar-refractivity contribution in [3.8, 4) is 22.9 Å². The first-order valence-corrected chi connectivity index (χ1v) is 15.9. The van der Waals surface area contributed by atoms with Gasteiger partial charge in [-0.05, 0) is 88.0 Å². The van der Waals surface area contributed by atoms with Crippen LogP contribution in [0.5, 0.6) is 11.6 Å². The summed E-state index contributed by atoms with van der Waals surface area (Å²) < 4.78 is 34.1. The normalized spacial score (nSPS) is 12.2. The molecule has 0 atom stereocenters. The Morgan fingerprint density at radius 1 is 0.872 bits per heavy atom. The van der Waals surface area contributed by atoms with Crippen molar-refractivity contribution in [3.05, 3.63) is 96.4 Å². The molecule has 5 nitrogen and oxygen atoms in total. The molecule has 1 aliphatic heterocycles. The molecule has 2 aromatic heterocycles. The van der Waals surface area contributed by atoms with Gasteiger partial charge in [0.25, 0.3) is 0 Å². The molecule has 8 heteroatoms. The zero-order chi connectivity index (χ0) is 32.5. The maximum atomic E-state index is 14.1. The van der Waals surface area contributed by atoms with Gasteiger partial charge in [0.2, 0.25) is 0 Å². The van der Waals surface area contributed by atoms with Crippen LogP contribution < -0.4 is 4.74 Å². The van der Waals surface area contributed by atoms with E-state index in [0.29, 0.717) is 28.0 Å². The Balaban J connectivity index is 0.000000234. The van der Waals surface area contributed by atoms with Gasteiger partial charge in [0.05, 0.1) is 5.76 Å². The number of hydrogen-bond acceptors (Lipinski definition) is 5. The van der Waals surface area contributed by atoms with E-state index in [0.717, 1.165) is 63.8 Å². The van der Waals surface area contributed by atoms with Gasteiger partial charge in [-0.15, -0.1) is 12.1 Å². The van der Waals surface area contributed by atoms with Crippen LogP contribution in [-0.4, -0.2) is 20.9 Å². The first-order chi connectivity index (χ1) is 22.3. The number of benzene rings is 4. The maximum absolute atomic E-state index is 14.1. The standard InChI is InChI=1S/C26H11F2N2O.C13H24O2.Ir/c27-20-10-13-5-6-15-16-7-8-29-25-19-9-14-3-1-2-4-22(14)30-26(19)31-23(24(16)25)12-18(15)17(13)11-21(20)28;1-5-10(6-2)12(14)9-13(15)11(7-3)8-4;/h1-8,10-12H;9-11,14H,5-8H2,1-4H3;/q-1;;/b;12-9-;. The van der Waals surface area contributed by atoms with Crippen molar-refractivity contribution in [1.29, 1.82) is 0 Å². The molecule has 0 aliphatic carbocycles. The number of pyridine rings is 2. The predicted molar refractivity (Wildman–Crippen MR) is 180 cm³/mol. The molecular formula is C39H35F2IrN2O3-. The number of ketones is 1. The Hall–Kier alpha value is -4.26. The molecule has 3 heterocycles. The summed E-state index contributed by atoms with van der Waals surface area (Å²) in [5, 5.41) is 15.4. The number of ether oxygens (including phenoxy) is 1. The van der Waals surface area contributed by atoms with E-state index >= 15 is 0 Å². The number of rotatable bonds is 7. The molecule has 6 aromatic rings. The van der Waals surface area contributed by atoms with Gasteiger partial charge in [-0.25, -0.2) is 8.78 Å². The number of aliphatic hydroxyl groups excluding tert-OH is 1. The van der Waals surface area contributed by atoms with E-state index in [9.17, 15) is 18.7 Å². The average Bonchev–Trinajstić information content (AvgIpc) is 3.06. The van der Waals surface area contributed by atoms with Gasteiger partial charge >= 0.3 is 0 Å². The fourth-order valence-corrected chi connectivity index (χ4v) is 6.29. The third-order valence-electron chi connectivity index (χ3n) is 8.99. The third kappa shape index (κ3) is 6.37. The molecule has 7 rings (SSSR count). The van der Waals surface area contributed by atoms with E-state index in [1.54, 1.807) is 12.3 Å². The largest absolute Gasteiger partial charge is 0.512 e. The second kappa shape index (κ2) is 14.2. The van der Waals surface area contributed by atoms with Crippen molar-refractivity contribution < 1.29 is 43.5 Å². The summed E-state index contributed by atoms with van der Waals surface area (Å²) in [6.45, 7) is 8.07. The molecule has 47 heavy (non-hydrogen) atoms. The third-order valence-corrected chi connectivity index (χ3v) is 8.99. The van der Waals surface area contributed by atoms with Gasteiger partial charge in [-0.1, -0.05) is 63.4 Å². The summed E-state index contributed by atoms with van der Waals surface area (Å²) in [5.74, 6) is -0.170. The molecule has 1 radical (unpaired) electrons. The molecule has 0 saturated heterocycles. The maximum Gasteiger partial charge on any atom is 0.162 e. The van der Waals surface area contributed by atoms with Gasteiger partial charge in [-0.2, -0.15) is 0 Å². The van der Waals surface area contributed by atoms with E-state index in [-0.39, 0.29) is 43.5 Å². The molecule has 4 aromatic carbocycles. The van der Waals surface area contributed by atoms with Crippen LogP contribution in [0.4, 0.5) is 8.78 Å². The smallest absolute Gasteiger partial charge is 0.162 e. The van der Waals surface area contributed by atoms with E-state index < -0.39 is 11.6 Å². The number of fused-ring (bicyclic) bond motifs is 7. The Morgan fingerprint density at radius 2 is 1.57 bits per heavy atom. The first-order valence-electron chi connectivity index (χ1n) is 15.9. The predicted octanol–water partition coefficient (Wildman–Crippen LogP) is 10.8. The van der Waals surface area contributed by atoms with Crippen LogP contribution in [0.1, 0.15) is 53.4 Å². The summed E-state index contributed by atoms with van der Waals surface area (Å²) in [6, 6.07) is 21.1. The number of allylic oxidation sites excluding steroid dienone is 2. The van der Waals surface area contributed by atoms with Crippen LogP contribution in [0.3, 0.4) is 0 Å². The van der Waals surface area contributed by atoms with Gasteiger partial charge in [-0.3, -0.25) is 14.8 Å². The van der Waals surface area contributed by atoms with E-state index in [4.69, 9.17) is 4.74 Å². The van der Waals surface area contributed by atoms with Crippen LogP contribution in [-0.2, 0) is 24.9 Å². The second-order valence-corrected chi connectivity index (χ2v) is 11.6. The zero-order valence-corrected chi connectivity index (χ0v) is 29.1. The number of hydrogen-bond donors (Lipinski definition) is 1. The minimum absolute atomic E-state index is 0. The first kappa shape index (κ1) is 34.1. The molecule has 0 bridgehead atoms. The summed E-state index contributed by atoms with van der Waals surface area (Å²) in [5.41, 5.74) is 2.24. The fraction of sp³-hybridized carbons (Fsp3) is 0.256. The minimum atomic E-state index is -0.877. The van der Waals surface area contributed by atoms with Crippen LogP contribution in [0.15, 0.2) is 78.7 Å². The second-order valence-electron chi connectivity index (χ2n) is 11.6. The molecule has 0 unspecified atom stereocenters. The number of aliphatic hydroxyl groups is 1. The summed E-state index contributed by atoms with van der Waals surface area (Å²) in [7, 11) is 0. The van der Waals surface area contributed by atoms with E-state index in [2.05, 4.69) is 16.0 Å². The van der Waals surface area contributed by atoms with Crippen molar-refractivity contribution >= 4 is 49.0 Å². The zero-order valence-electron chi connectivity index (χ0n) is 26.7. The molecule has 1 aliphatic rings. The van der Waals surface area contributed by atoms with Crippen molar-refractivity contribution in [2.24, 2.45) is 11.8 Å². The van der Waals surface area contributed by atoms with Crippen molar-refractivity contribution in [3.63, 3.8) is 0 Å². The van der Waals surface area contributed by atoms with Crippen molar-refractivity contribution in [2.75, 3.05) is 0 Å². The minimum Gasteiger partial charge on any atom is -0.512 e. The van der Waals surface area contributed by atoms with Gasteiger partial charge in [0.1, 0.15) is 5.75 Å². The Labute approximate surface area is 286 Å². The number of carbonyl (C=O) groups is 1. The topological polar surface area (TPSA) is 72.3 Å². The molecular weight excluding hydrogens is 775 g/mol. The molecule has 0 fully saturated rings. The quantitative estimate of drug-likeness (QED) is 0.0751. The monoisotopic (exact) mass is 810 g/mol. The Morgan fingerprint density at radius 3 is 2.30 bits per heavy atom. The molecule has 0 saturated carbocycles. The van der Waals surface area contributed by atoms with Crippen LogP contribution >= 0.6 is 0 Å². The number of carbonyl (C=O) groups excluding carboxylic acids is 1. The molecule has 0 spiro atoms. The van der Waals surface area contributed by atoms with Crippen LogP contribution in [0.2, 0.25) is 0 Å². The molecule has 0 amide bonds. The van der Waals surface area contributed by atoms with Crippen molar-refractivity contribution in [2.45, 2.75) is 53.4 Å². The van der Waals surface area contributed by atoms with Gasteiger partial charge in [0, 0.05) is 55.3 Å². The number of nitrogens with zero attached hydrogens (tertiary/aromatic N) is 2. The molecule has 1 N–H and O–H groups in total. The van der Waals surface area contributed by atoms with E-state index in [1.165, 1.54) is 18.2 Å². The van der Waals surface area contributed by atoms with Crippen molar-refractivity contribution in [1.82, 2.24) is 9.97 Å².